The molecule has 0 fully saturated rings. The molecular formula is C26H38N4O5S. The van der Waals surface area contributed by atoms with E-state index in [1.54, 1.807) is 33.0 Å². The fourth-order valence-electron chi connectivity index (χ4n) is 3.84. The smallest absolute Gasteiger partial charge is 0.243 e. The van der Waals surface area contributed by atoms with Crippen LogP contribution in [0.3, 0.4) is 0 Å². The van der Waals surface area contributed by atoms with Crippen LogP contribution in [0.5, 0.6) is 5.75 Å². The predicted molar refractivity (Wildman–Crippen MR) is 140 cm³/mol. The molecule has 0 radical (unpaired) electrons. The van der Waals surface area contributed by atoms with E-state index in [9.17, 15) is 18.0 Å². The molecule has 0 heterocycles. The Morgan fingerprint density at radius 3 is 2.17 bits per heavy atom. The number of aryl methyl sites for hydroxylation is 2. The minimum absolute atomic E-state index is 0.141. The molecule has 0 aliphatic heterocycles. The summed E-state index contributed by atoms with van der Waals surface area (Å²) in [6.45, 7) is 4.09. The molecule has 0 saturated heterocycles. The summed E-state index contributed by atoms with van der Waals surface area (Å²) >= 11 is 0. The number of ether oxygens (including phenoxy) is 1. The number of benzene rings is 2. The van der Waals surface area contributed by atoms with Crippen molar-refractivity contribution < 1.29 is 22.7 Å². The van der Waals surface area contributed by atoms with Crippen molar-refractivity contribution in [1.82, 2.24) is 19.4 Å². The van der Waals surface area contributed by atoms with Crippen LogP contribution < -0.4 is 10.1 Å². The number of carbonyl (C=O) groups is 2. The highest BCUT2D eigenvalue weighted by molar-refractivity contribution is 7.89. The first-order chi connectivity index (χ1) is 16.8. The number of rotatable bonds is 12. The summed E-state index contributed by atoms with van der Waals surface area (Å²) in [7, 11) is 4.67. The first-order valence-corrected chi connectivity index (χ1v) is 13.1. The van der Waals surface area contributed by atoms with Crippen molar-refractivity contribution in [3.63, 3.8) is 0 Å². The van der Waals surface area contributed by atoms with Gasteiger partial charge in [0.05, 0.1) is 25.1 Å². The number of carbonyl (C=O) groups excluding carboxylic acids is 2. The minimum atomic E-state index is -3.91. The van der Waals surface area contributed by atoms with Gasteiger partial charge < -0.3 is 19.9 Å². The summed E-state index contributed by atoms with van der Waals surface area (Å²) in [6, 6.07) is 11.4. The summed E-state index contributed by atoms with van der Waals surface area (Å²) in [5, 5.41) is 2.53. The molecule has 1 N–H and O–H groups in total. The molecule has 0 aliphatic rings. The third-order valence-electron chi connectivity index (χ3n) is 5.83. The van der Waals surface area contributed by atoms with E-state index in [0.717, 1.165) is 22.8 Å². The Kier molecular flexibility index (Phi) is 10.4. The highest BCUT2D eigenvalue weighted by Crippen LogP contribution is 2.27. The molecule has 36 heavy (non-hydrogen) atoms. The lowest BCUT2D eigenvalue weighted by molar-refractivity contribution is -0.132. The first-order valence-electron chi connectivity index (χ1n) is 11.7. The van der Waals surface area contributed by atoms with Gasteiger partial charge >= 0.3 is 0 Å². The molecule has 0 spiro atoms. The molecule has 2 rings (SSSR count). The Morgan fingerprint density at radius 1 is 0.972 bits per heavy atom. The fraction of sp³-hybridized carbons (Fsp3) is 0.462. The zero-order valence-electron chi connectivity index (χ0n) is 22.3. The molecule has 0 aromatic heterocycles. The number of methoxy groups -OCH3 is 1. The molecule has 0 aliphatic carbocycles. The van der Waals surface area contributed by atoms with E-state index in [0.29, 0.717) is 23.4 Å². The van der Waals surface area contributed by atoms with Gasteiger partial charge in [-0.15, -0.1) is 0 Å². The molecule has 198 valence electrons. The Labute approximate surface area is 215 Å². The first kappa shape index (κ1) is 29.3. The van der Waals surface area contributed by atoms with Crippen molar-refractivity contribution in [2.24, 2.45) is 0 Å². The summed E-state index contributed by atoms with van der Waals surface area (Å²) in [5.74, 6) is -0.265. The highest BCUT2D eigenvalue weighted by atomic mass is 32.2. The van der Waals surface area contributed by atoms with E-state index in [4.69, 9.17) is 4.74 Å². The summed E-state index contributed by atoms with van der Waals surface area (Å²) < 4.78 is 32.4. The van der Waals surface area contributed by atoms with Crippen molar-refractivity contribution in [2.75, 3.05) is 54.9 Å². The van der Waals surface area contributed by atoms with Gasteiger partial charge in [-0.1, -0.05) is 24.3 Å². The molecule has 2 aromatic rings. The van der Waals surface area contributed by atoms with Crippen LogP contribution in [0.1, 0.15) is 22.3 Å². The SMILES string of the molecule is COc1cc(C)c(S(=O)(=O)N(C)CC(=O)NCC(=O)N(C)Cc2cccc(CCN(C)C)c2)c(C)c1. The van der Waals surface area contributed by atoms with Crippen molar-refractivity contribution >= 4 is 21.8 Å². The maximum Gasteiger partial charge on any atom is 0.243 e. The molecular weight excluding hydrogens is 480 g/mol. The minimum Gasteiger partial charge on any atom is -0.497 e. The number of likely N-dealkylation sites (N-methyl/N-ethyl adjacent to an activating group) is 3. The quantitative estimate of drug-likeness (QED) is 0.460. The maximum atomic E-state index is 13.1. The summed E-state index contributed by atoms with van der Waals surface area (Å²) in [6.07, 6.45) is 0.917. The van der Waals surface area contributed by atoms with E-state index in [1.165, 1.54) is 24.6 Å². The number of nitrogens with one attached hydrogen (secondary N) is 1. The molecule has 2 aromatic carbocycles. The third kappa shape index (κ3) is 8.04. The van der Waals surface area contributed by atoms with Crippen molar-refractivity contribution in [3.05, 3.63) is 58.7 Å². The van der Waals surface area contributed by atoms with Crippen LogP contribution in [0.2, 0.25) is 0 Å². The zero-order chi connectivity index (χ0) is 27.0. The molecule has 2 amide bonds. The lowest BCUT2D eigenvalue weighted by atomic mass is 10.1. The van der Waals surface area contributed by atoms with Crippen LogP contribution >= 0.6 is 0 Å². The standard InChI is InChI=1S/C26H38N4O5S/c1-19-13-23(35-7)14-20(2)26(19)36(33,34)30(6)18-24(31)27-16-25(32)29(5)17-22-10-8-9-21(15-22)11-12-28(3)4/h8-10,13-15H,11-12,16-18H2,1-7H3,(H,27,31). The Bertz CT molecular complexity index is 1160. The van der Waals surface area contributed by atoms with Gasteiger partial charge in [0.2, 0.25) is 21.8 Å². The van der Waals surface area contributed by atoms with Gasteiger partial charge in [0.15, 0.2) is 0 Å². The second-order valence-electron chi connectivity index (χ2n) is 9.25. The van der Waals surface area contributed by atoms with Crippen LogP contribution in [0.4, 0.5) is 0 Å². The Morgan fingerprint density at radius 2 is 1.58 bits per heavy atom. The third-order valence-corrected chi connectivity index (χ3v) is 7.94. The number of hydrogen-bond donors (Lipinski definition) is 1. The van der Waals surface area contributed by atoms with Crippen molar-refractivity contribution in [2.45, 2.75) is 31.7 Å². The van der Waals surface area contributed by atoms with Crippen molar-refractivity contribution in [3.8, 4) is 5.75 Å². The van der Waals surface area contributed by atoms with E-state index < -0.39 is 22.5 Å². The van der Waals surface area contributed by atoms with Gasteiger partial charge in [-0.3, -0.25) is 9.59 Å². The molecule has 10 heteroatoms. The van der Waals surface area contributed by atoms with E-state index >= 15 is 0 Å². The van der Waals surface area contributed by atoms with Gasteiger partial charge in [0, 0.05) is 27.2 Å². The van der Waals surface area contributed by atoms with Gasteiger partial charge in [-0.25, -0.2) is 8.42 Å². The number of hydrogen-bond acceptors (Lipinski definition) is 6. The van der Waals surface area contributed by atoms with Gasteiger partial charge in [0.1, 0.15) is 5.75 Å². The highest BCUT2D eigenvalue weighted by Gasteiger charge is 2.27. The van der Waals surface area contributed by atoms with Crippen LogP contribution in [0, 0.1) is 13.8 Å². The molecule has 0 unspecified atom stereocenters. The van der Waals surface area contributed by atoms with Crippen LogP contribution in [0.15, 0.2) is 41.3 Å². The van der Waals surface area contributed by atoms with E-state index in [2.05, 4.69) is 22.3 Å². The van der Waals surface area contributed by atoms with Gasteiger partial charge in [0.25, 0.3) is 0 Å². The fourth-order valence-corrected chi connectivity index (χ4v) is 5.37. The number of nitrogens with zero attached hydrogens (tertiary/aromatic N) is 3. The maximum absolute atomic E-state index is 13.1. The molecule has 0 bridgehead atoms. The second-order valence-corrected chi connectivity index (χ2v) is 11.2. The Hall–Kier alpha value is -2.95. The Balaban J connectivity index is 1.93. The zero-order valence-corrected chi connectivity index (χ0v) is 23.1. The second kappa shape index (κ2) is 12.8. The van der Waals surface area contributed by atoms with Gasteiger partial charge in [-0.05, 0) is 68.8 Å². The lowest BCUT2D eigenvalue weighted by Crippen LogP contribution is -2.43. The predicted octanol–water partition coefficient (Wildman–Crippen LogP) is 1.81. The van der Waals surface area contributed by atoms with Gasteiger partial charge in [-0.2, -0.15) is 4.31 Å². The van der Waals surface area contributed by atoms with Crippen LogP contribution in [-0.4, -0.2) is 89.3 Å². The van der Waals surface area contributed by atoms with Crippen LogP contribution in [0.25, 0.3) is 0 Å². The molecule has 0 atom stereocenters. The topological polar surface area (TPSA) is 99.3 Å². The lowest BCUT2D eigenvalue weighted by Gasteiger charge is -2.21. The van der Waals surface area contributed by atoms with E-state index in [1.807, 2.05) is 26.2 Å². The summed E-state index contributed by atoms with van der Waals surface area (Å²) in [5.41, 5.74) is 3.26. The average Bonchev–Trinajstić information content (AvgIpc) is 2.80. The summed E-state index contributed by atoms with van der Waals surface area (Å²) in [4.78, 5) is 28.8. The monoisotopic (exact) mass is 518 g/mol. The molecule has 9 nitrogen and oxygen atoms in total. The van der Waals surface area contributed by atoms with Crippen LogP contribution in [-0.2, 0) is 32.6 Å². The number of sulfonamides is 1. The largest absolute Gasteiger partial charge is 0.497 e. The molecule has 0 saturated carbocycles. The number of amides is 2. The average molecular weight is 519 g/mol. The van der Waals surface area contributed by atoms with Crippen molar-refractivity contribution in [1.29, 1.82) is 0 Å². The normalized spacial score (nSPS) is 11.6. The van der Waals surface area contributed by atoms with E-state index in [-0.39, 0.29) is 17.3 Å².